The molecule has 0 heterocycles. The summed E-state index contributed by atoms with van der Waals surface area (Å²) in [5, 5.41) is 3.13. The predicted molar refractivity (Wildman–Crippen MR) is 83.7 cm³/mol. The van der Waals surface area contributed by atoms with Crippen LogP contribution in [0.5, 0.6) is 0 Å². The summed E-state index contributed by atoms with van der Waals surface area (Å²) in [5.41, 5.74) is 0.854. The van der Waals surface area contributed by atoms with E-state index in [1.807, 2.05) is 31.2 Å². The molecular weight excluding hydrogens is 392 g/mol. The molecule has 2 aromatic carbocycles. The molecule has 1 unspecified atom stereocenters. The number of hydrogen-bond donors (Lipinski definition) is 1. The van der Waals surface area contributed by atoms with E-state index in [4.69, 9.17) is 0 Å². The van der Waals surface area contributed by atoms with Gasteiger partial charge in [0, 0.05) is 14.5 Å². The van der Waals surface area contributed by atoms with Gasteiger partial charge in [-0.05, 0) is 36.4 Å². The molecule has 1 N–H and O–H groups in total. The number of halogens is 4. The zero-order valence-corrected chi connectivity index (χ0v) is 13.9. The molecule has 0 spiro atoms. The first-order valence-corrected chi connectivity index (χ1v) is 7.74. The predicted octanol–water partition coefficient (Wildman–Crippen LogP) is 5.19. The average molecular weight is 405 g/mol. The third-order valence-electron chi connectivity index (χ3n) is 2.94. The van der Waals surface area contributed by atoms with E-state index >= 15 is 0 Å². The molecule has 1 nitrogen and oxygen atoms in total. The second-order valence-corrected chi connectivity index (χ2v) is 6.16. The molecule has 0 fully saturated rings. The molecule has 0 saturated heterocycles. The summed E-state index contributed by atoms with van der Waals surface area (Å²) >= 11 is 6.45. The van der Waals surface area contributed by atoms with E-state index in [0.29, 0.717) is 11.0 Å². The van der Waals surface area contributed by atoms with Gasteiger partial charge < -0.3 is 5.32 Å². The van der Waals surface area contributed by atoms with Crippen LogP contribution >= 0.6 is 31.9 Å². The van der Waals surface area contributed by atoms with Crippen molar-refractivity contribution in [2.24, 2.45) is 0 Å². The molecule has 0 bridgehead atoms. The first kappa shape index (κ1) is 15.6. The van der Waals surface area contributed by atoms with E-state index in [2.05, 4.69) is 37.2 Å². The molecule has 0 amide bonds. The second-order valence-electron chi connectivity index (χ2n) is 4.33. The Morgan fingerprint density at radius 2 is 1.55 bits per heavy atom. The summed E-state index contributed by atoms with van der Waals surface area (Å²) < 4.78 is 29.6. The highest BCUT2D eigenvalue weighted by atomic mass is 79.9. The van der Waals surface area contributed by atoms with Crippen LogP contribution < -0.4 is 5.32 Å². The van der Waals surface area contributed by atoms with Gasteiger partial charge in [-0.1, -0.05) is 50.9 Å². The third kappa shape index (κ3) is 3.45. The van der Waals surface area contributed by atoms with Gasteiger partial charge in [-0.15, -0.1) is 0 Å². The zero-order chi connectivity index (χ0) is 14.7. The molecule has 0 radical (unpaired) electrons. The maximum atomic E-state index is 14.1. The Labute approximate surface area is 133 Å². The molecule has 0 aliphatic rings. The Morgan fingerprint density at radius 1 is 1.00 bits per heavy atom. The van der Waals surface area contributed by atoms with Crippen molar-refractivity contribution in [3.63, 3.8) is 0 Å². The van der Waals surface area contributed by atoms with Crippen LogP contribution in [0.1, 0.15) is 24.1 Å². The molecule has 0 saturated carbocycles. The Morgan fingerprint density at radius 3 is 2.05 bits per heavy atom. The quantitative estimate of drug-likeness (QED) is 0.739. The van der Waals surface area contributed by atoms with Gasteiger partial charge in [-0.25, -0.2) is 8.78 Å². The van der Waals surface area contributed by atoms with Crippen LogP contribution in [0, 0.1) is 11.6 Å². The molecular formula is C15H13Br2F2N. The average Bonchev–Trinajstić information content (AvgIpc) is 2.37. The number of benzene rings is 2. The molecule has 0 aliphatic heterocycles. The largest absolute Gasteiger partial charge is 0.306 e. The lowest BCUT2D eigenvalue weighted by Gasteiger charge is -2.20. The lowest BCUT2D eigenvalue weighted by Crippen LogP contribution is -2.24. The maximum absolute atomic E-state index is 14.1. The number of rotatable bonds is 4. The Hall–Kier alpha value is -0.780. The second kappa shape index (κ2) is 6.78. The van der Waals surface area contributed by atoms with Crippen LogP contribution in [-0.4, -0.2) is 6.54 Å². The van der Waals surface area contributed by atoms with Crippen molar-refractivity contribution in [2.75, 3.05) is 6.54 Å². The van der Waals surface area contributed by atoms with E-state index in [1.165, 1.54) is 12.1 Å². The summed E-state index contributed by atoms with van der Waals surface area (Å²) in [6, 6.07) is 9.45. The Bertz CT molecular complexity index is 576. The fourth-order valence-corrected chi connectivity index (χ4v) is 2.74. The molecule has 20 heavy (non-hydrogen) atoms. The minimum atomic E-state index is -0.564. The van der Waals surface area contributed by atoms with E-state index in [-0.39, 0.29) is 5.56 Å². The fraction of sp³-hybridized carbons (Fsp3) is 0.200. The van der Waals surface area contributed by atoms with E-state index in [1.54, 1.807) is 0 Å². The lowest BCUT2D eigenvalue weighted by atomic mass is 9.97. The van der Waals surface area contributed by atoms with Crippen LogP contribution in [0.3, 0.4) is 0 Å². The molecule has 0 aromatic heterocycles. The molecule has 0 aliphatic carbocycles. The van der Waals surface area contributed by atoms with Crippen LogP contribution in [0.2, 0.25) is 0 Å². The fourth-order valence-electron chi connectivity index (χ4n) is 2.08. The molecule has 1 atom stereocenters. The lowest BCUT2D eigenvalue weighted by molar-refractivity contribution is 0.509. The van der Waals surface area contributed by atoms with Gasteiger partial charge in [-0.3, -0.25) is 0 Å². The minimum absolute atomic E-state index is 0.0392. The SMILES string of the molecule is CCNC(c1ccc(Br)cc1)c1c(F)cc(Br)cc1F. The molecule has 106 valence electrons. The molecule has 2 aromatic rings. The summed E-state index contributed by atoms with van der Waals surface area (Å²) in [7, 11) is 0. The van der Waals surface area contributed by atoms with E-state index in [0.717, 1.165) is 10.0 Å². The first-order valence-electron chi connectivity index (χ1n) is 6.16. The number of hydrogen-bond acceptors (Lipinski definition) is 1. The van der Waals surface area contributed by atoms with Gasteiger partial charge in [0.2, 0.25) is 0 Å². The van der Waals surface area contributed by atoms with Crippen LogP contribution in [0.25, 0.3) is 0 Å². The summed E-state index contributed by atoms with van der Waals surface area (Å²) in [5.74, 6) is -1.13. The van der Waals surface area contributed by atoms with Crippen molar-refractivity contribution < 1.29 is 8.78 Å². The Kier molecular flexibility index (Phi) is 5.29. The van der Waals surface area contributed by atoms with Crippen LogP contribution in [-0.2, 0) is 0 Å². The van der Waals surface area contributed by atoms with Crippen molar-refractivity contribution in [1.29, 1.82) is 0 Å². The monoisotopic (exact) mass is 403 g/mol. The zero-order valence-electron chi connectivity index (χ0n) is 10.8. The van der Waals surface area contributed by atoms with Gasteiger partial charge in [0.15, 0.2) is 0 Å². The van der Waals surface area contributed by atoms with Gasteiger partial charge in [0.25, 0.3) is 0 Å². The smallest absolute Gasteiger partial charge is 0.132 e. The van der Waals surface area contributed by atoms with E-state index in [9.17, 15) is 8.78 Å². The van der Waals surface area contributed by atoms with Crippen molar-refractivity contribution >= 4 is 31.9 Å². The molecule has 2 rings (SSSR count). The summed E-state index contributed by atoms with van der Waals surface area (Å²) in [6.45, 7) is 2.51. The van der Waals surface area contributed by atoms with Crippen molar-refractivity contribution in [2.45, 2.75) is 13.0 Å². The first-order chi connectivity index (χ1) is 9.52. The maximum Gasteiger partial charge on any atom is 0.132 e. The number of nitrogens with one attached hydrogen (secondary N) is 1. The van der Waals surface area contributed by atoms with Crippen molar-refractivity contribution in [1.82, 2.24) is 5.32 Å². The minimum Gasteiger partial charge on any atom is -0.306 e. The topological polar surface area (TPSA) is 12.0 Å². The van der Waals surface area contributed by atoms with Crippen LogP contribution in [0.4, 0.5) is 8.78 Å². The van der Waals surface area contributed by atoms with Gasteiger partial charge in [0.1, 0.15) is 11.6 Å². The Balaban J connectivity index is 2.51. The highest BCUT2D eigenvalue weighted by Crippen LogP contribution is 2.30. The highest BCUT2D eigenvalue weighted by Gasteiger charge is 2.21. The third-order valence-corrected chi connectivity index (χ3v) is 3.93. The van der Waals surface area contributed by atoms with Crippen LogP contribution in [0.15, 0.2) is 45.3 Å². The highest BCUT2D eigenvalue weighted by molar-refractivity contribution is 9.10. The standard InChI is InChI=1S/C15H13Br2F2N/c1-2-20-15(9-3-5-10(16)6-4-9)14-12(18)7-11(17)8-13(14)19/h3-8,15,20H,2H2,1H3. The van der Waals surface area contributed by atoms with Gasteiger partial charge >= 0.3 is 0 Å². The normalized spacial score (nSPS) is 12.4. The molecule has 5 heteroatoms. The van der Waals surface area contributed by atoms with Gasteiger partial charge in [-0.2, -0.15) is 0 Å². The summed E-state index contributed by atoms with van der Waals surface area (Å²) in [4.78, 5) is 0. The van der Waals surface area contributed by atoms with E-state index < -0.39 is 17.7 Å². The van der Waals surface area contributed by atoms with Gasteiger partial charge in [0.05, 0.1) is 6.04 Å². The van der Waals surface area contributed by atoms with Crippen molar-refractivity contribution in [3.05, 3.63) is 68.1 Å². The summed E-state index contributed by atoms with van der Waals surface area (Å²) in [6.07, 6.45) is 0. The van der Waals surface area contributed by atoms with Crippen molar-refractivity contribution in [3.8, 4) is 0 Å².